The lowest BCUT2D eigenvalue weighted by Crippen LogP contribution is -2.51. The maximum absolute atomic E-state index is 13.2. The molecule has 28 heavy (non-hydrogen) atoms. The second-order valence-corrected chi connectivity index (χ2v) is 7.91. The van der Waals surface area contributed by atoms with Crippen LogP contribution in [0.1, 0.15) is 43.2 Å². The number of halogens is 2. The van der Waals surface area contributed by atoms with Crippen molar-refractivity contribution in [2.24, 2.45) is 5.92 Å². The summed E-state index contributed by atoms with van der Waals surface area (Å²) in [5, 5.41) is 0. The first-order valence-corrected chi connectivity index (χ1v) is 10.4. The van der Waals surface area contributed by atoms with Crippen molar-refractivity contribution < 1.29 is 13.9 Å². The number of anilines is 1. The van der Waals surface area contributed by atoms with Crippen molar-refractivity contribution in [1.29, 1.82) is 0 Å². The summed E-state index contributed by atoms with van der Waals surface area (Å²) in [6.07, 6.45) is 8.23. The van der Waals surface area contributed by atoms with Crippen LogP contribution in [0.25, 0.3) is 0 Å². The highest BCUT2D eigenvalue weighted by Crippen LogP contribution is 2.39. The molecule has 2 aromatic rings. The number of carbonyl (C=O) groups excluding carboxylic acids is 1. The zero-order valence-corrected chi connectivity index (χ0v) is 16.5. The Morgan fingerprint density at radius 2 is 1.93 bits per heavy atom. The molecule has 0 spiro atoms. The van der Waals surface area contributed by atoms with Gasteiger partial charge < -0.3 is 4.74 Å². The highest BCUT2D eigenvalue weighted by Gasteiger charge is 2.38. The second kappa shape index (κ2) is 8.48. The molecule has 6 heteroatoms. The number of benzene rings is 1. The van der Waals surface area contributed by atoms with E-state index in [0.717, 1.165) is 24.0 Å². The van der Waals surface area contributed by atoms with Gasteiger partial charge in [-0.05, 0) is 54.5 Å². The fourth-order valence-electron chi connectivity index (χ4n) is 4.37. The number of carbonyl (C=O) groups is 1. The molecule has 1 aromatic carbocycles. The average molecular weight is 403 g/mol. The Bertz CT molecular complexity index is 837. The fourth-order valence-corrected chi connectivity index (χ4v) is 4.50. The highest BCUT2D eigenvalue weighted by atomic mass is 35.5. The number of nitrogens with zero attached hydrogens (tertiary/aromatic N) is 2. The molecule has 1 aliphatic carbocycles. The van der Waals surface area contributed by atoms with E-state index >= 15 is 0 Å². The van der Waals surface area contributed by atoms with E-state index in [2.05, 4.69) is 4.98 Å². The minimum Gasteiger partial charge on any atom is -0.474 e. The molecule has 1 amide bonds. The van der Waals surface area contributed by atoms with Gasteiger partial charge in [0.1, 0.15) is 24.0 Å². The van der Waals surface area contributed by atoms with Crippen molar-refractivity contribution in [2.75, 3.05) is 17.4 Å². The van der Waals surface area contributed by atoms with E-state index in [-0.39, 0.29) is 23.6 Å². The van der Waals surface area contributed by atoms with Crippen LogP contribution in [0.3, 0.4) is 0 Å². The third kappa shape index (κ3) is 4.00. The summed E-state index contributed by atoms with van der Waals surface area (Å²) in [6, 6.07) is 8.39. The van der Waals surface area contributed by atoms with E-state index in [1.54, 1.807) is 18.3 Å². The van der Waals surface area contributed by atoms with Crippen LogP contribution in [0, 0.1) is 11.7 Å². The quantitative estimate of drug-likeness (QED) is 0.694. The molecule has 1 fully saturated rings. The number of pyridine rings is 1. The van der Waals surface area contributed by atoms with Gasteiger partial charge in [0.2, 0.25) is 11.8 Å². The molecule has 1 saturated carbocycles. The third-order valence-electron chi connectivity index (χ3n) is 5.77. The van der Waals surface area contributed by atoms with E-state index in [4.69, 9.17) is 16.3 Å². The second-order valence-electron chi connectivity index (χ2n) is 7.64. The zero-order chi connectivity index (χ0) is 19.5. The Balaban J connectivity index is 1.64. The van der Waals surface area contributed by atoms with E-state index in [1.807, 2.05) is 11.0 Å². The summed E-state index contributed by atoms with van der Waals surface area (Å²) < 4.78 is 19.1. The lowest BCUT2D eigenvalue weighted by atomic mass is 9.83. The van der Waals surface area contributed by atoms with Gasteiger partial charge in [0, 0.05) is 6.20 Å². The van der Waals surface area contributed by atoms with Gasteiger partial charge in [0.15, 0.2) is 0 Å². The minimum atomic E-state index is -0.255. The van der Waals surface area contributed by atoms with Crippen LogP contribution in [-0.4, -0.2) is 29.4 Å². The maximum atomic E-state index is 13.2. The van der Waals surface area contributed by atoms with Crippen molar-refractivity contribution >= 4 is 23.2 Å². The predicted octanol–water partition coefficient (Wildman–Crippen LogP) is 4.72. The summed E-state index contributed by atoms with van der Waals surface area (Å²) >= 11 is 5.95. The van der Waals surface area contributed by atoms with Crippen molar-refractivity contribution in [3.05, 3.63) is 53.5 Å². The summed E-state index contributed by atoms with van der Waals surface area (Å²) in [5.41, 5.74) is 2.64. The van der Waals surface area contributed by atoms with Gasteiger partial charge in [-0.25, -0.2) is 9.37 Å². The Kier molecular flexibility index (Phi) is 5.81. The Labute approximate surface area is 169 Å². The normalized spacial score (nSPS) is 19.8. The first-order chi connectivity index (χ1) is 13.7. The van der Waals surface area contributed by atoms with Crippen LogP contribution in [-0.2, 0) is 11.2 Å². The van der Waals surface area contributed by atoms with Crippen LogP contribution < -0.4 is 9.64 Å². The monoisotopic (exact) mass is 402 g/mol. The SMILES string of the molecule is O=C(CCl)N1c2cc(Cc3ccc(F)cc3)cnc2OCC1C1CCCCC1. The molecule has 0 N–H and O–H groups in total. The predicted molar refractivity (Wildman–Crippen MR) is 108 cm³/mol. The molecule has 1 atom stereocenters. The molecular formula is C22H24ClFN2O2. The van der Waals surface area contributed by atoms with Crippen molar-refractivity contribution in [2.45, 2.75) is 44.6 Å². The van der Waals surface area contributed by atoms with Crippen LogP contribution in [0.2, 0.25) is 0 Å². The third-order valence-corrected chi connectivity index (χ3v) is 6.00. The van der Waals surface area contributed by atoms with Gasteiger partial charge in [-0.1, -0.05) is 31.4 Å². The number of fused-ring (bicyclic) bond motifs is 1. The zero-order valence-electron chi connectivity index (χ0n) is 15.7. The highest BCUT2D eigenvalue weighted by molar-refractivity contribution is 6.29. The minimum absolute atomic E-state index is 0.00178. The number of rotatable bonds is 4. The molecule has 2 heterocycles. The molecule has 1 aromatic heterocycles. The molecule has 0 saturated heterocycles. The molecule has 4 rings (SSSR count). The first kappa shape index (κ1) is 19.2. The Morgan fingerprint density at radius 1 is 1.18 bits per heavy atom. The molecule has 1 aliphatic heterocycles. The van der Waals surface area contributed by atoms with E-state index in [0.29, 0.717) is 30.5 Å². The van der Waals surface area contributed by atoms with Gasteiger partial charge in [-0.2, -0.15) is 0 Å². The number of amides is 1. The standard InChI is InChI=1S/C22H24ClFN2O2/c23-12-21(27)26-19-11-16(10-15-6-8-18(24)9-7-15)13-25-22(19)28-14-20(26)17-4-2-1-3-5-17/h6-9,11,13,17,20H,1-5,10,12,14H2. The van der Waals surface area contributed by atoms with Gasteiger partial charge in [0.05, 0.1) is 6.04 Å². The molecular weight excluding hydrogens is 379 g/mol. The number of hydrogen-bond donors (Lipinski definition) is 0. The molecule has 148 valence electrons. The summed E-state index contributed by atoms with van der Waals surface area (Å²) in [4.78, 5) is 19.0. The van der Waals surface area contributed by atoms with Crippen LogP contribution in [0.4, 0.5) is 10.1 Å². The fraction of sp³-hybridized carbons (Fsp3) is 0.455. The Morgan fingerprint density at radius 3 is 2.64 bits per heavy atom. The molecule has 1 unspecified atom stereocenters. The van der Waals surface area contributed by atoms with Crippen molar-refractivity contribution in [1.82, 2.24) is 4.98 Å². The number of hydrogen-bond acceptors (Lipinski definition) is 3. The maximum Gasteiger partial charge on any atom is 0.242 e. The number of ether oxygens (including phenoxy) is 1. The largest absolute Gasteiger partial charge is 0.474 e. The van der Waals surface area contributed by atoms with E-state index in [1.165, 1.54) is 31.4 Å². The Hall–Kier alpha value is -2.14. The molecule has 0 bridgehead atoms. The van der Waals surface area contributed by atoms with Gasteiger partial charge in [0.25, 0.3) is 0 Å². The lowest BCUT2D eigenvalue weighted by molar-refractivity contribution is -0.117. The molecule has 0 radical (unpaired) electrons. The summed E-state index contributed by atoms with van der Waals surface area (Å²) in [5.74, 6) is 0.478. The van der Waals surface area contributed by atoms with Crippen LogP contribution >= 0.6 is 11.6 Å². The summed E-state index contributed by atoms with van der Waals surface area (Å²) in [6.45, 7) is 0.463. The van der Waals surface area contributed by atoms with Crippen LogP contribution in [0.15, 0.2) is 36.5 Å². The van der Waals surface area contributed by atoms with E-state index in [9.17, 15) is 9.18 Å². The molecule has 2 aliphatic rings. The summed E-state index contributed by atoms with van der Waals surface area (Å²) in [7, 11) is 0. The lowest BCUT2D eigenvalue weighted by Gasteiger charge is -2.41. The topological polar surface area (TPSA) is 42.4 Å². The van der Waals surface area contributed by atoms with Crippen molar-refractivity contribution in [3.63, 3.8) is 0 Å². The first-order valence-electron chi connectivity index (χ1n) is 9.90. The number of aromatic nitrogens is 1. The van der Waals surface area contributed by atoms with Crippen LogP contribution in [0.5, 0.6) is 5.88 Å². The van der Waals surface area contributed by atoms with E-state index < -0.39 is 0 Å². The van der Waals surface area contributed by atoms with Gasteiger partial charge in [-0.3, -0.25) is 9.69 Å². The van der Waals surface area contributed by atoms with Gasteiger partial charge in [-0.15, -0.1) is 11.6 Å². The smallest absolute Gasteiger partial charge is 0.242 e. The molecule has 4 nitrogen and oxygen atoms in total. The van der Waals surface area contributed by atoms with Gasteiger partial charge >= 0.3 is 0 Å². The number of alkyl halides is 1. The average Bonchev–Trinajstić information content (AvgIpc) is 2.74. The van der Waals surface area contributed by atoms with Crippen molar-refractivity contribution in [3.8, 4) is 5.88 Å².